The predicted octanol–water partition coefficient (Wildman–Crippen LogP) is 4.61. The Morgan fingerprint density at radius 1 is 1.25 bits per heavy atom. The second kappa shape index (κ2) is 6.07. The van der Waals surface area contributed by atoms with Crippen LogP contribution in [0.4, 0.5) is 0 Å². The highest BCUT2D eigenvalue weighted by Crippen LogP contribution is 2.55. The van der Waals surface area contributed by atoms with Gasteiger partial charge < -0.3 is 5.32 Å². The van der Waals surface area contributed by atoms with Crippen molar-refractivity contribution in [1.29, 1.82) is 0 Å². The third-order valence-corrected chi connectivity index (χ3v) is 5.51. The van der Waals surface area contributed by atoms with Crippen LogP contribution in [0.5, 0.6) is 0 Å². The molecule has 0 radical (unpaired) electrons. The molecule has 0 bridgehead atoms. The molecule has 0 saturated heterocycles. The van der Waals surface area contributed by atoms with E-state index in [9.17, 15) is 0 Å². The van der Waals surface area contributed by atoms with Crippen LogP contribution in [0.15, 0.2) is 18.2 Å². The second-order valence-electron chi connectivity index (χ2n) is 6.85. The molecule has 2 heteroatoms. The first kappa shape index (κ1) is 14.4. The van der Waals surface area contributed by atoms with E-state index in [1.807, 2.05) is 0 Å². The highest BCUT2D eigenvalue weighted by Gasteiger charge is 2.47. The number of nitrogens with one attached hydrogen (secondary N) is 1. The van der Waals surface area contributed by atoms with Crippen molar-refractivity contribution in [2.24, 2.45) is 17.8 Å². The van der Waals surface area contributed by atoms with Crippen LogP contribution < -0.4 is 5.32 Å². The van der Waals surface area contributed by atoms with Crippen LogP contribution in [0.1, 0.15) is 43.7 Å². The maximum absolute atomic E-state index is 6.42. The quantitative estimate of drug-likeness (QED) is 0.807. The van der Waals surface area contributed by atoms with Gasteiger partial charge >= 0.3 is 0 Å². The molecule has 2 saturated carbocycles. The van der Waals surface area contributed by atoms with Crippen molar-refractivity contribution in [3.05, 3.63) is 34.3 Å². The van der Waals surface area contributed by atoms with Gasteiger partial charge in [-0.05, 0) is 80.5 Å². The minimum Gasteiger partial charge on any atom is -0.313 e. The van der Waals surface area contributed by atoms with Crippen molar-refractivity contribution in [2.45, 2.75) is 52.0 Å². The average Bonchev–Trinajstić information content (AvgIpc) is 3.03. The third-order valence-electron chi connectivity index (χ3n) is 5.15. The molecule has 2 fully saturated rings. The molecule has 0 amide bonds. The average molecular weight is 292 g/mol. The van der Waals surface area contributed by atoms with Gasteiger partial charge in [-0.1, -0.05) is 30.7 Å². The Morgan fingerprint density at radius 3 is 2.65 bits per heavy atom. The fraction of sp³-hybridized carbons (Fsp3) is 0.667. The zero-order valence-electron chi connectivity index (χ0n) is 12.7. The summed E-state index contributed by atoms with van der Waals surface area (Å²) >= 11 is 6.42. The third kappa shape index (κ3) is 3.20. The van der Waals surface area contributed by atoms with Gasteiger partial charge in [0.1, 0.15) is 0 Å². The van der Waals surface area contributed by atoms with Crippen LogP contribution in [0, 0.1) is 24.7 Å². The maximum atomic E-state index is 6.42. The molecule has 1 aromatic carbocycles. The van der Waals surface area contributed by atoms with Gasteiger partial charge in [-0.3, -0.25) is 0 Å². The number of hydrogen-bond acceptors (Lipinski definition) is 1. The Bertz CT molecular complexity index is 460. The zero-order chi connectivity index (χ0) is 14.1. The molecule has 110 valence electrons. The lowest BCUT2D eigenvalue weighted by Crippen LogP contribution is -2.38. The number of fused-ring (bicyclic) bond motifs is 1. The summed E-state index contributed by atoms with van der Waals surface area (Å²) in [5, 5.41) is 4.73. The summed E-state index contributed by atoms with van der Waals surface area (Å²) in [6.07, 6.45) is 6.67. The van der Waals surface area contributed by atoms with Crippen molar-refractivity contribution < 1.29 is 0 Å². The van der Waals surface area contributed by atoms with Gasteiger partial charge in [-0.2, -0.15) is 0 Å². The first-order valence-corrected chi connectivity index (χ1v) is 8.53. The van der Waals surface area contributed by atoms with Crippen LogP contribution >= 0.6 is 11.6 Å². The van der Waals surface area contributed by atoms with Gasteiger partial charge in [0.2, 0.25) is 0 Å². The summed E-state index contributed by atoms with van der Waals surface area (Å²) in [4.78, 5) is 0. The molecule has 3 rings (SSSR count). The van der Waals surface area contributed by atoms with Gasteiger partial charge in [0.15, 0.2) is 0 Å². The summed E-state index contributed by atoms with van der Waals surface area (Å²) in [6.45, 7) is 5.47. The molecule has 1 N–H and O–H groups in total. The van der Waals surface area contributed by atoms with Crippen molar-refractivity contribution in [3.8, 4) is 0 Å². The molecule has 3 unspecified atom stereocenters. The summed E-state index contributed by atoms with van der Waals surface area (Å²) in [5.74, 6) is 2.97. The van der Waals surface area contributed by atoms with E-state index in [-0.39, 0.29) is 0 Å². The van der Waals surface area contributed by atoms with Gasteiger partial charge in [-0.25, -0.2) is 0 Å². The summed E-state index contributed by atoms with van der Waals surface area (Å²) in [7, 11) is 0. The number of aryl methyl sites for hydroxylation is 1. The highest BCUT2D eigenvalue weighted by atomic mass is 35.5. The van der Waals surface area contributed by atoms with E-state index in [1.54, 1.807) is 0 Å². The van der Waals surface area contributed by atoms with E-state index in [1.165, 1.54) is 36.8 Å². The fourth-order valence-corrected chi connectivity index (χ4v) is 4.19. The largest absolute Gasteiger partial charge is 0.313 e. The number of rotatable bonds is 6. The molecule has 20 heavy (non-hydrogen) atoms. The van der Waals surface area contributed by atoms with Crippen molar-refractivity contribution >= 4 is 11.6 Å². The first-order valence-electron chi connectivity index (χ1n) is 8.15. The lowest BCUT2D eigenvalue weighted by molar-refractivity contribution is 0.332. The topological polar surface area (TPSA) is 12.0 Å². The van der Waals surface area contributed by atoms with Crippen molar-refractivity contribution in [3.63, 3.8) is 0 Å². The molecule has 1 aromatic rings. The van der Waals surface area contributed by atoms with Gasteiger partial charge in [-0.15, -0.1) is 0 Å². The molecule has 0 heterocycles. The molecule has 0 spiro atoms. The van der Waals surface area contributed by atoms with Crippen LogP contribution in [-0.4, -0.2) is 12.6 Å². The normalized spacial score (nSPS) is 29.2. The summed E-state index contributed by atoms with van der Waals surface area (Å²) < 4.78 is 0. The lowest BCUT2D eigenvalue weighted by Gasteiger charge is -2.26. The molecule has 0 aliphatic heterocycles. The molecule has 2 aliphatic carbocycles. The minimum absolute atomic E-state index is 0.614. The minimum atomic E-state index is 0.614. The Hall–Kier alpha value is -0.530. The van der Waals surface area contributed by atoms with Crippen LogP contribution in [-0.2, 0) is 6.42 Å². The van der Waals surface area contributed by atoms with Crippen molar-refractivity contribution in [1.82, 2.24) is 5.32 Å². The van der Waals surface area contributed by atoms with E-state index in [4.69, 9.17) is 11.6 Å². The fourth-order valence-electron chi connectivity index (χ4n) is 3.88. The molecule has 1 nitrogen and oxygen atoms in total. The standard InChI is InChI=1S/C18H26ClN/c1-3-6-20-18(16-9-14-8-15(14)10-16)11-13-5-4-12(2)7-17(13)19/h4-5,7,14-16,18,20H,3,6,8-11H2,1-2H3. The summed E-state index contributed by atoms with van der Waals surface area (Å²) in [6, 6.07) is 7.11. The van der Waals surface area contributed by atoms with Gasteiger partial charge in [0, 0.05) is 11.1 Å². The van der Waals surface area contributed by atoms with E-state index in [0.717, 1.165) is 35.7 Å². The lowest BCUT2D eigenvalue weighted by atomic mass is 9.89. The van der Waals surface area contributed by atoms with E-state index >= 15 is 0 Å². The molecule has 3 atom stereocenters. The van der Waals surface area contributed by atoms with Crippen LogP contribution in [0.25, 0.3) is 0 Å². The smallest absolute Gasteiger partial charge is 0.0441 e. The van der Waals surface area contributed by atoms with E-state index in [2.05, 4.69) is 37.4 Å². The zero-order valence-corrected chi connectivity index (χ0v) is 13.4. The molecular weight excluding hydrogens is 266 g/mol. The first-order chi connectivity index (χ1) is 9.67. The highest BCUT2D eigenvalue weighted by molar-refractivity contribution is 6.31. The predicted molar refractivity (Wildman–Crippen MR) is 86.3 cm³/mol. The molecular formula is C18H26ClN. The molecule has 0 aromatic heterocycles. The van der Waals surface area contributed by atoms with E-state index in [0.29, 0.717) is 6.04 Å². The monoisotopic (exact) mass is 291 g/mol. The Balaban J connectivity index is 1.68. The second-order valence-corrected chi connectivity index (χ2v) is 7.25. The Labute approximate surface area is 128 Å². The summed E-state index contributed by atoms with van der Waals surface area (Å²) in [5.41, 5.74) is 2.56. The van der Waals surface area contributed by atoms with Gasteiger partial charge in [0.05, 0.1) is 0 Å². The Kier molecular flexibility index (Phi) is 4.37. The van der Waals surface area contributed by atoms with Crippen LogP contribution in [0.2, 0.25) is 5.02 Å². The SMILES string of the molecule is CCCNC(Cc1ccc(C)cc1Cl)C1CC2CC2C1. The number of benzene rings is 1. The Morgan fingerprint density at radius 2 is 2.00 bits per heavy atom. The van der Waals surface area contributed by atoms with Crippen molar-refractivity contribution in [2.75, 3.05) is 6.54 Å². The number of hydrogen-bond donors (Lipinski definition) is 1. The van der Waals surface area contributed by atoms with Crippen LogP contribution in [0.3, 0.4) is 0 Å². The number of halogens is 1. The van der Waals surface area contributed by atoms with Gasteiger partial charge in [0.25, 0.3) is 0 Å². The maximum Gasteiger partial charge on any atom is 0.0441 e. The molecule has 2 aliphatic rings. The van der Waals surface area contributed by atoms with E-state index < -0.39 is 0 Å².